The highest BCUT2D eigenvalue weighted by Gasteiger charge is 2.38. The predicted molar refractivity (Wildman–Crippen MR) is 115 cm³/mol. The predicted octanol–water partition coefficient (Wildman–Crippen LogP) is 6.40. The first-order valence-corrected chi connectivity index (χ1v) is 10.3. The van der Waals surface area contributed by atoms with E-state index in [0.29, 0.717) is 19.2 Å². The molecular weight excluding hydrogens is 395 g/mol. The minimum Gasteiger partial charge on any atom is -0.487 e. The molecule has 0 aliphatic carbocycles. The maximum Gasteiger partial charge on any atom is 0.420 e. The van der Waals surface area contributed by atoms with E-state index in [2.05, 4.69) is 6.58 Å². The molecule has 0 aliphatic heterocycles. The van der Waals surface area contributed by atoms with Gasteiger partial charge in [-0.15, -0.1) is 0 Å². The van der Waals surface area contributed by atoms with E-state index in [-0.39, 0.29) is 6.61 Å². The number of alkyl halides is 3. The van der Waals surface area contributed by atoms with Gasteiger partial charge in [0.05, 0.1) is 11.1 Å². The molecule has 0 rings (SSSR count). The molecule has 0 fully saturated rings. The third kappa shape index (κ3) is 12.2. The standard InChI is InChI=1S/C23H34F3NO3/c1-5-8-11-12-13-16-30-21(18-27(14-9-6-2)15-10-7-3)20(23(24,25)26)17-19(4)22(28)29/h8,11-13,17-18H,4-7,9-10,14-16H2,1-3H3,(H,28,29)/b11-8-,13-12-,20-17+,21-18-. The second-order valence-electron chi connectivity index (χ2n) is 6.70. The van der Waals surface area contributed by atoms with Gasteiger partial charge in [0.15, 0.2) is 0 Å². The maximum absolute atomic E-state index is 13.8. The lowest BCUT2D eigenvalue weighted by Crippen LogP contribution is -2.24. The van der Waals surface area contributed by atoms with E-state index in [1.54, 1.807) is 23.1 Å². The Morgan fingerprint density at radius 2 is 1.63 bits per heavy atom. The van der Waals surface area contributed by atoms with Crippen LogP contribution in [-0.4, -0.2) is 41.8 Å². The van der Waals surface area contributed by atoms with Crippen LogP contribution in [0.15, 0.2) is 60.1 Å². The molecular formula is C23H34F3NO3. The van der Waals surface area contributed by atoms with Gasteiger partial charge in [-0.05, 0) is 31.4 Å². The number of ether oxygens (including phenoxy) is 1. The summed E-state index contributed by atoms with van der Waals surface area (Å²) in [5.74, 6) is -1.93. The van der Waals surface area contributed by atoms with Crippen molar-refractivity contribution in [3.05, 3.63) is 60.1 Å². The minimum absolute atomic E-state index is 0.0811. The fraction of sp³-hybridized carbons (Fsp3) is 0.522. The van der Waals surface area contributed by atoms with Crippen molar-refractivity contribution in [2.75, 3.05) is 19.7 Å². The van der Waals surface area contributed by atoms with Crippen LogP contribution in [-0.2, 0) is 9.53 Å². The summed E-state index contributed by atoms with van der Waals surface area (Å²) < 4.78 is 46.7. The van der Waals surface area contributed by atoms with E-state index in [1.165, 1.54) is 6.20 Å². The van der Waals surface area contributed by atoms with E-state index in [0.717, 1.165) is 32.1 Å². The summed E-state index contributed by atoms with van der Waals surface area (Å²) >= 11 is 0. The SMILES string of the molecule is C=C(/C=C(\C(=C\N(CCCC)CCCC)OC/C=C\C=C/CC)C(F)(F)F)C(=O)O. The Balaban J connectivity index is 5.99. The van der Waals surface area contributed by atoms with E-state index in [4.69, 9.17) is 9.84 Å². The molecule has 0 atom stereocenters. The van der Waals surface area contributed by atoms with Gasteiger partial charge in [0.2, 0.25) is 0 Å². The monoisotopic (exact) mass is 429 g/mol. The first-order chi connectivity index (χ1) is 14.2. The van der Waals surface area contributed by atoms with Crippen LogP contribution >= 0.6 is 0 Å². The van der Waals surface area contributed by atoms with Gasteiger partial charge in [0.1, 0.15) is 12.4 Å². The molecule has 0 aromatic carbocycles. The summed E-state index contributed by atoms with van der Waals surface area (Å²) in [6.07, 6.45) is 8.34. The smallest absolute Gasteiger partial charge is 0.420 e. The molecule has 0 bridgehead atoms. The van der Waals surface area contributed by atoms with Crippen LogP contribution in [0.5, 0.6) is 0 Å². The van der Waals surface area contributed by atoms with Crippen LogP contribution < -0.4 is 0 Å². The Hall–Kier alpha value is -2.44. The number of allylic oxidation sites excluding steroid dienone is 4. The minimum atomic E-state index is -4.79. The normalized spacial score (nSPS) is 13.3. The molecule has 0 radical (unpaired) electrons. The van der Waals surface area contributed by atoms with Gasteiger partial charge < -0.3 is 14.7 Å². The highest BCUT2D eigenvalue weighted by molar-refractivity contribution is 5.89. The molecule has 0 unspecified atom stereocenters. The largest absolute Gasteiger partial charge is 0.487 e. The van der Waals surface area contributed by atoms with Crippen molar-refractivity contribution in [3.8, 4) is 0 Å². The molecule has 30 heavy (non-hydrogen) atoms. The Labute approximate surface area is 178 Å². The van der Waals surface area contributed by atoms with Crippen molar-refractivity contribution >= 4 is 5.97 Å². The number of halogens is 3. The molecule has 0 aromatic heterocycles. The molecule has 0 aromatic rings. The number of unbranched alkanes of at least 4 members (excludes halogenated alkanes) is 2. The maximum atomic E-state index is 13.8. The number of hydrogen-bond acceptors (Lipinski definition) is 3. The zero-order valence-electron chi connectivity index (χ0n) is 18.2. The van der Waals surface area contributed by atoms with Gasteiger partial charge in [0, 0.05) is 19.3 Å². The second kappa shape index (κ2) is 15.4. The highest BCUT2D eigenvalue weighted by Crippen LogP contribution is 2.33. The summed E-state index contributed by atoms with van der Waals surface area (Å²) in [6, 6.07) is 0. The summed E-state index contributed by atoms with van der Waals surface area (Å²) in [5, 5.41) is 8.99. The van der Waals surface area contributed by atoms with E-state index < -0.39 is 29.1 Å². The van der Waals surface area contributed by atoms with Crippen molar-refractivity contribution < 1.29 is 27.8 Å². The molecule has 0 saturated heterocycles. The molecule has 0 aliphatic rings. The van der Waals surface area contributed by atoms with Gasteiger partial charge in [-0.2, -0.15) is 13.2 Å². The lowest BCUT2D eigenvalue weighted by atomic mass is 10.1. The van der Waals surface area contributed by atoms with Crippen molar-refractivity contribution in [3.63, 3.8) is 0 Å². The molecule has 0 spiro atoms. The molecule has 170 valence electrons. The average molecular weight is 430 g/mol. The van der Waals surface area contributed by atoms with Crippen LogP contribution in [0.2, 0.25) is 0 Å². The van der Waals surface area contributed by atoms with Crippen LogP contribution in [0.1, 0.15) is 52.9 Å². The molecule has 0 saturated carbocycles. The Bertz CT molecular complexity index is 639. The van der Waals surface area contributed by atoms with Crippen LogP contribution in [0.3, 0.4) is 0 Å². The fourth-order valence-corrected chi connectivity index (χ4v) is 2.33. The van der Waals surface area contributed by atoms with E-state index in [1.807, 2.05) is 26.8 Å². The number of hydrogen-bond donors (Lipinski definition) is 1. The highest BCUT2D eigenvalue weighted by atomic mass is 19.4. The van der Waals surface area contributed by atoms with E-state index in [9.17, 15) is 18.0 Å². The third-order valence-corrected chi connectivity index (χ3v) is 4.02. The molecule has 1 N–H and O–H groups in total. The fourth-order valence-electron chi connectivity index (χ4n) is 2.33. The van der Waals surface area contributed by atoms with Crippen LogP contribution in [0, 0.1) is 0 Å². The Morgan fingerprint density at radius 3 is 2.10 bits per heavy atom. The van der Waals surface area contributed by atoms with Gasteiger partial charge in [-0.25, -0.2) is 4.79 Å². The lowest BCUT2D eigenvalue weighted by molar-refractivity contribution is -0.132. The third-order valence-electron chi connectivity index (χ3n) is 4.02. The number of nitrogens with zero attached hydrogens (tertiary/aromatic N) is 1. The summed E-state index contributed by atoms with van der Waals surface area (Å²) in [4.78, 5) is 12.8. The first-order valence-electron chi connectivity index (χ1n) is 10.3. The second-order valence-corrected chi connectivity index (χ2v) is 6.70. The number of aliphatic carboxylic acids is 1. The number of carboxylic acids is 1. The lowest BCUT2D eigenvalue weighted by Gasteiger charge is -2.23. The first kappa shape index (κ1) is 27.6. The Morgan fingerprint density at radius 1 is 1.07 bits per heavy atom. The summed E-state index contributed by atoms with van der Waals surface area (Å²) in [7, 11) is 0. The Kier molecular flexibility index (Phi) is 14.2. The van der Waals surface area contributed by atoms with Gasteiger partial charge in [0.25, 0.3) is 0 Å². The van der Waals surface area contributed by atoms with Gasteiger partial charge in [-0.3, -0.25) is 0 Å². The summed E-state index contributed by atoms with van der Waals surface area (Å²) in [5.41, 5.74) is -1.82. The molecule has 4 nitrogen and oxygen atoms in total. The zero-order chi connectivity index (χ0) is 23.0. The van der Waals surface area contributed by atoms with E-state index >= 15 is 0 Å². The quantitative estimate of drug-likeness (QED) is 0.186. The van der Waals surface area contributed by atoms with Gasteiger partial charge in [-0.1, -0.05) is 58.4 Å². The van der Waals surface area contributed by atoms with Crippen molar-refractivity contribution in [1.29, 1.82) is 0 Å². The van der Waals surface area contributed by atoms with Crippen molar-refractivity contribution in [2.45, 2.75) is 59.1 Å². The van der Waals surface area contributed by atoms with Crippen molar-refractivity contribution in [1.82, 2.24) is 4.90 Å². The topological polar surface area (TPSA) is 49.8 Å². The zero-order valence-corrected chi connectivity index (χ0v) is 18.2. The van der Waals surface area contributed by atoms with Crippen molar-refractivity contribution in [2.24, 2.45) is 0 Å². The molecule has 0 amide bonds. The summed E-state index contributed by atoms with van der Waals surface area (Å²) in [6.45, 7) is 10.3. The van der Waals surface area contributed by atoms with Crippen LogP contribution in [0.4, 0.5) is 13.2 Å². The number of carbonyl (C=O) groups is 1. The number of rotatable bonds is 15. The number of carboxylic acid groups (broad SMARTS) is 1. The van der Waals surface area contributed by atoms with Crippen LogP contribution in [0.25, 0.3) is 0 Å². The molecule has 7 heteroatoms. The van der Waals surface area contributed by atoms with Gasteiger partial charge >= 0.3 is 12.1 Å². The average Bonchev–Trinajstić information content (AvgIpc) is 2.68. The molecule has 0 heterocycles.